The fourth-order valence-electron chi connectivity index (χ4n) is 3.01. The predicted octanol–water partition coefficient (Wildman–Crippen LogP) is 0.666. The number of nitrogens with one attached hydrogen (secondary N) is 1. The molecule has 1 N–H and O–H groups in total. The fourth-order valence-corrected chi connectivity index (χ4v) is 3.85. The van der Waals surface area contributed by atoms with Crippen LogP contribution in [0.1, 0.15) is 5.56 Å². The van der Waals surface area contributed by atoms with E-state index >= 15 is 0 Å². The van der Waals surface area contributed by atoms with E-state index in [2.05, 4.69) is 33.9 Å². The first-order chi connectivity index (χ1) is 8.53. The van der Waals surface area contributed by atoms with Gasteiger partial charge in [0.2, 0.25) is 10.0 Å². The van der Waals surface area contributed by atoms with Crippen molar-refractivity contribution in [2.75, 3.05) is 19.3 Å². The molecule has 1 aliphatic heterocycles. The van der Waals surface area contributed by atoms with Crippen molar-refractivity contribution in [3.63, 3.8) is 0 Å². The molecule has 18 heavy (non-hydrogen) atoms. The first-order valence-corrected chi connectivity index (χ1v) is 8.16. The van der Waals surface area contributed by atoms with Gasteiger partial charge >= 0.3 is 0 Å². The van der Waals surface area contributed by atoms with Gasteiger partial charge in [-0.25, -0.2) is 13.1 Å². The van der Waals surface area contributed by atoms with Gasteiger partial charge in [-0.15, -0.1) is 0 Å². The zero-order valence-electron chi connectivity index (χ0n) is 10.4. The molecule has 1 saturated carbocycles. The second kappa shape index (κ2) is 4.33. The standard InChI is InChI=1S/C13H18N2O2S/c1-18(16,17)14-13-11-8-15(9-12(11)13)7-10-5-3-2-4-6-10/h2-6,11-14H,7-9H2,1H3. The first kappa shape index (κ1) is 12.1. The van der Waals surface area contributed by atoms with E-state index in [1.54, 1.807) is 0 Å². The van der Waals surface area contributed by atoms with Crippen LogP contribution in [0.5, 0.6) is 0 Å². The van der Waals surface area contributed by atoms with Gasteiger partial charge in [0.25, 0.3) is 0 Å². The maximum absolute atomic E-state index is 11.2. The Morgan fingerprint density at radius 2 is 1.83 bits per heavy atom. The van der Waals surface area contributed by atoms with Gasteiger partial charge in [-0.05, 0) is 17.4 Å². The molecule has 1 aromatic rings. The molecule has 1 aromatic carbocycles. The number of rotatable bonds is 4. The molecule has 2 aliphatic rings. The summed E-state index contributed by atoms with van der Waals surface area (Å²) in [5.41, 5.74) is 1.33. The number of benzene rings is 1. The lowest BCUT2D eigenvalue weighted by molar-refractivity contribution is 0.287. The van der Waals surface area contributed by atoms with Crippen LogP contribution in [0, 0.1) is 11.8 Å². The number of sulfonamides is 1. The molecular weight excluding hydrogens is 248 g/mol. The second-order valence-corrected chi connectivity index (χ2v) is 7.20. The summed E-state index contributed by atoms with van der Waals surface area (Å²) in [4.78, 5) is 2.41. The SMILES string of the molecule is CS(=O)(=O)NC1C2CN(Cc3ccccc3)CC21. The summed E-state index contributed by atoms with van der Waals surface area (Å²) in [5.74, 6) is 1.03. The van der Waals surface area contributed by atoms with Gasteiger partial charge < -0.3 is 0 Å². The van der Waals surface area contributed by atoms with Gasteiger partial charge in [-0.2, -0.15) is 0 Å². The highest BCUT2D eigenvalue weighted by atomic mass is 32.2. The molecule has 2 atom stereocenters. The Balaban J connectivity index is 1.52. The Kier molecular flexibility index (Phi) is 2.92. The van der Waals surface area contributed by atoms with Crippen LogP contribution in [0.3, 0.4) is 0 Å². The molecule has 1 saturated heterocycles. The highest BCUT2D eigenvalue weighted by molar-refractivity contribution is 7.88. The maximum atomic E-state index is 11.2. The number of fused-ring (bicyclic) bond motifs is 1. The van der Waals surface area contributed by atoms with Crippen molar-refractivity contribution in [2.24, 2.45) is 11.8 Å². The number of hydrogen-bond acceptors (Lipinski definition) is 3. The molecule has 0 bridgehead atoms. The van der Waals surface area contributed by atoms with Crippen LogP contribution in [0.15, 0.2) is 30.3 Å². The van der Waals surface area contributed by atoms with E-state index in [9.17, 15) is 8.42 Å². The molecule has 2 fully saturated rings. The van der Waals surface area contributed by atoms with Crippen LogP contribution >= 0.6 is 0 Å². The molecule has 1 aliphatic carbocycles. The normalized spacial score (nSPS) is 31.3. The Labute approximate surface area is 108 Å². The van der Waals surface area contributed by atoms with E-state index in [0.29, 0.717) is 11.8 Å². The van der Waals surface area contributed by atoms with E-state index < -0.39 is 10.0 Å². The largest absolute Gasteiger partial charge is 0.298 e. The number of likely N-dealkylation sites (tertiary alicyclic amines) is 1. The number of nitrogens with zero attached hydrogens (tertiary/aromatic N) is 1. The Bertz CT molecular complexity index is 517. The van der Waals surface area contributed by atoms with Gasteiger partial charge in [-0.3, -0.25) is 4.90 Å². The average molecular weight is 266 g/mol. The third kappa shape index (κ3) is 2.58. The zero-order chi connectivity index (χ0) is 12.8. The van der Waals surface area contributed by atoms with Crippen LogP contribution < -0.4 is 4.72 Å². The lowest BCUT2D eigenvalue weighted by atomic mass is 10.2. The summed E-state index contributed by atoms with van der Waals surface area (Å²) < 4.78 is 25.0. The van der Waals surface area contributed by atoms with Crippen LogP contribution in [-0.2, 0) is 16.6 Å². The molecule has 4 nitrogen and oxygen atoms in total. The molecule has 5 heteroatoms. The number of hydrogen-bond donors (Lipinski definition) is 1. The fraction of sp³-hybridized carbons (Fsp3) is 0.538. The van der Waals surface area contributed by atoms with Crippen molar-refractivity contribution >= 4 is 10.0 Å². The summed E-state index contributed by atoms with van der Waals surface area (Å²) in [7, 11) is -3.05. The minimum atomic E-state index is -3.05. The number of piperidine rings is 1. The highest BCUT2D eigenvalue weighted by Crippen LogP contribution is 2.46. The average Bonchev–Trinajstić information content (AvgIpc) is 2.73. The second-order valence-electron chi connectivity index (χ2n) is 5.42. The summed E-state index contributed by atoms with van der Waals surface area (Å²) in [6, 6.07) is 10.6. The predicted molar refractivity (Wildman–Crippen MR) is 70.5 cm³/mol. The zero-order valence-corrected chi connectivity index (χ0v) is 11.2. The smallest absolute Gasteiger partial charge is 0.208 e. The van der Waals surface area contributed by atoms with Crippen molar-refractivity contribution < 1.29 is 8.42 Å². The minimum absolute atomic E-state index is 0.187. The van der Waals surface area contributed by atoms with E-state index in [1.807, 2.05) is 6.07 Å². The Morgan fingerprint density at radius 3 is 2.39 bits per heavy atom. The van der Waals surface area contributed by atoms with Gasteiger partial charge in [0.05, 0.1) is 6.26 Å². The van der Waals surface area contributed by atoms with E-state index in [1.165, 1.54) is 11.8 Å². The topological polar surface area (TPSA) is 49.4 Å². The van der Waals surface area contributed by atoms with E-state index in [4.69, 9.17) is 0 Å². The molecule has 1 heterocycles. The molecule has 98 valence electrons. The maximum Gasteiger partial charge on any atom is 0.208 e. The lowest BCUT2D eigenvalue weighted by Crippen LogP contribution is -2.33. The molecule has 0 spiro atoms. The van der Waals surface area contributed by atoms with Gasteiger partial charge in [-0.1, -0.05) is 30.3 Å². The van der Waals surface area contributed by atoms with Crippen molar-refractivity contribution in [1.82, 2.24) is 9.62 Å². The summed E-state index contributed by atoms with van der Waals surface area (Å²) in [6.07, 6.45) is 1.24. The molecule has 0 radical (unpaired) electrons. The van der Waals surface area contributed by atoms with Crippen molar-refractivity contribution in [3.8, 4) is 0 Å². The van der Waals surface area contributed by atoms with Crippen molar-refractivity contribution in [3.05, 3.63) is 35.9 Å². The van der Waals surface area contributed by atoms with Crippen molar-refractivity contribution in [2.45, 2.75) is 12.6 Å². The third-order valence-corrected chi connectivity index (χ3v) is 4.57. The van der Waals surface area contributed by atoms with Crippen LogP contribution in [0.2, 0.25) is 0 Å². The Hall–Kier alpha value is -0.910. The summed E-state index contributed by atoms with van der Waals surface area (Å²) in [6.45, 7) is 2.99. The summed E-state index contributed by atoms with van der Waals surface area (Å²) in [5, 5.41) is 0. The summed E-state index contributed by atoms with van der Waals surface area (Å²) >= 11 is 0. The van der Waals surface area contributed by atoms with Crippen LogP contribution in [-0.4, -0.2) is 38.7 Å². The van der Waals surface area contributed by atoms with E-state index in [-0.39, 0.29) is 6.04 Å². The molecular formula is C13H18N2O2S. The quantitative estimate of drug-likeness (QED) is 0.871. The van der Waals surface area contributed by atoms with Gasteiger partial charge in [0.1, 0.15) is 0 Å². The monoisotopic (exact) mass is 266 g/mol. The highest BCUT2D eigenvalue weighted by Gasteiger charge is 2.56. The third-order valence-electron chi connectivity index (χ3n) is 3.87. The Morgan fingerprint density at radius 1 is 1.22 bits per heavy atom. The molecule has 3 rings (SSSR count). The van der Waals surface area contributed by atoms with Gasteiger partial charge in [0.15, 0.2) is 0 Å². The lowest BCUT2D eigenvalue weighted by Gasteiger charge is -2.19. The molecule has 0 amide bonds. The van der Waals surface area contributed by atoms with Crippen molar-refractivity contribution in [1.29, 1.82) is 0 Å². The first-order valence-electron chi connectivity index (χ1n) is 6.26. The molecule has 2 unspecified atom stereocenters. The molecule has 0 aromatic heterocycles. The van der Waals surface area contributed by atoms with E-state index in [0.717, 1.165) is 19.6 Å². The van der Waals surface area contributed by atoms with Crippen LogP contribution in [0.25, 0.3) is 0 Å². The minimum Gasteiger partial charge on any atom is -0.298 e. The van der Waals surface area contributed by atoms with Crippen LogP contribution in [0.4, 0.5) is 0 Å². The van der Waals surface area contributed by atoms with Gasteiger partial charge in [0, 0.05) is 25.7 Å².